The second-order valence-electron chi connectivity index (χ2n) is 6.98. The van der Waals surface area contributed by atoms with E-state index in [2.05, 4.69) is 34.0 Å². The molecule has 1 spiro atoms. The van der Waals surface area contributed by atoms with Gasteiger partial charge in [0, 0.05) is 56.6 Å². The number of nitrogens with one attached hydrogen (secondary N) is 1. The predicted octanol–water partition coefficient (Wildman–Crippen LogP) is 2.44. The van der Waals surface area contributed by atoms with Gasteiger partial charge in [0.05, 0.1) is 11.8 Å². The Morgan fingerprint density at radius 1 is 1.38 bits per heavy atom. The first-order chi connectivity index (χ1) is 11.8. The summed E-state index contributed by atoms with van der Waals surface area (Å²) in [5, 5.41) is 3.78. The number of ether oxygens (including phenoxy) is 2. The maximum atomic E-state index is 5.99. The van der Waals surface area contributed by atoms with Crippen LogP contribution in [0.5, 0.6) is 0 Å². The van der Waals surface area contributed by atoms with Crippen LogP contribution < -0.4 is 5.32 Å². The number of fused-ring (bicyclic) bond motifs is 1. The Kier molecular flexibility index (Phi) is 4.57. The van der Waals surface area contributed by atoms with Gasteiger partial charge in [-0.15, -0.1) is 0 Å². The molecular weight excluding hydrogens is 302 g/mol. The smallest absolute Gasteiger partial charge is 0.136 e. The van der Waals surface area contributed by atoms with E-state index in [0.717, 1.165) is 63.4 Å². The van der Waals surface area contributed by atoms with Crippen LogP contribution in [0.15, 0.2) is 30.6 Å². The lowest BCUT2D eigenvalue weighted by Gasteiger charge is -2.57. The van der Waals surface area contributed by atoms with Gasteiger partial charge in [0.1, 0.15) is 5.65 Å². The van der Waals surface area contributed by atoms with Crippen LogP contribution >= 0.6 is 0 Å². The maximum absolute atomic E-state index is 5.99. The van der Waals surface area contributed by atoms with Gasteiger partial charge in [-0.3, -0.25) is 0 Å². The van der Waals surface area contributed by atoms with Gasteiger partial charge < -0.3 is 19.2 Å². The molecule has 5 nitrogen and oxygen atoms in total. The number of hydrogen-bond acceptors (Lipinski definition) is 4. The van der Waals surface area contributed by atoms with Crippen LogP contribution in [0.1, 0.15) is 31.9 Å². The van der Waals surface area contributed by atoms with Crippen molar-refractivity contribution in [2.75, 3.05) is 26.4 Å². The van der Waals surface area contributed by atoms with Crippen molar-refractivity contribution in [3.8, 4) is 0 Å². The summed E-state index contributed by atoms with van der Waals surface area (Å²) in [5.41, 5.74) is 2.46. The molecule has 0 bridgehead atoms. The second kappa shape index (κ2) is 6.82. The Balaban J connectivity index is 1.35. The highest BCUT2D eigenvalue weighted by atomic mass is 16.5. The van der Waals surface area contributed by atoms with E-state index in [9.17, 15) is 0 Å². The summed E-state index contributed by atoms with van der Waals surface area (Å²) in [4.78, 5) is 4.68. The number of rotatable bonds is 6. The number of pyridine rings is 1. The summed E-state index contributed by atoms with van der Waals surface area (Å²) >= 11 is 0. The molecule has 130 valence electrons. The highest BCUT2D eigenvalue weighted by Gasteiger charge is 2.55. The fraction of sp³-hybridized carbons (Fsp3) is 0.632. The van der Waals surface area contributed by atoms with E-state index in [0.29, 0.717) is 12.1 Å². The lowest BCUT2D eigenvalue weighted by molar-refractivity contribution is -0.172. The second-order valence-corrected chi connectivity index (χ2v) is 6.98. The largest absolute Gasteiger partial charge is 0.381 e. The minimum absolute atomic E-state index is 0.285. The molecule has 2 aliphatic rings. The Morgan fingerprint density at radius 3 is 3.04 bits per heavy atom. The zero-order chi connectivity index (χ0) is 16.4. The third-order valence-corrected chi connectivity index (χ3v) is 5.76. The Labute approximate surface area is 143 Å². The molecule has 2 atom stereocenters. The van der Waals surface area contributed by atoms with Gasteiger partial charge in [0.25, 0.3) is 0 Å². The molecule has 0 aromatic carbocycles. The normalized spacial score (nSPS) is 25.9. The van der Waals surface area contributed by atoms with E-state index in [1.807, 2.05) is 18.2 Å². The van der Waals surface area contributed by atoms with Crippen LogP contribution in [0.2, 0.25) is 0 Å². The standard InChI is InChI=1S/C19H27N3O2/c1-2-24-17-13-16(19(17)7-11-23-12-8-19)20-9-6-15-14-22-10-4-3-5-18(22)21-15/h3-5,10,14,16-17,20H,2,6-9,11-13H2,1H3/t16-,17-/m1/s1. The minimum atomic E-state index is 0.285. The molecule has 1 saturated carbocycles. The SMILES string of the molecule is CCO[C@@H]1C[C@@H](NCCc2cn3ccccc3n2)C12CCOCC2. The van der Waals surface area contributed by atoms with Crippen molar-refractivity contribution in [2.45, 2.75) is 44.8 Å². The van der Waals surface area contributed by atoms with E-state index in [4.69, 9.17) is 9.47 Å². The third kappa shape index (κ3) is 2.85. The van der Waals surface area contributed by atoms with Crippen molar-refractivity contribution in [1.29, 1.82) is 0 Å². The van der Waals surface area contributed by atoms with Gasteiger partial charge in [-0.2, -0.15) is 0 Å². The molecule has 0 radical (unpaired) electrons. The molecule has 1 aliphatic heterocycles. The lowest BCUT2D eigenvalue weighted by Crippen LogP contribution is -2.65. The highest BCUT2D eigenvalue weighted by Crippen LogP contribution is 2.50. The number of aromatic nitrogens is 2. The topological polar surface area (TPSA) is 47.8 Å². The van der Waals surface area contributed by atoms with Gasteiger partial charge in [-0.1, -0.05) is 6.07 Å². The molecule has 3 heterocycles. The number of nitrogens with zero attached hydrogens (tertiary/aromatic N) is 2. The van der Waals surface area contributed by atoms with Crippen LogP contribution in [0.4, 0.5) is 0 Å². The van der Waals surface area contributed by atoms with Crippen molar-refractivity contribution >= 4 is 5.65 Å². The van der Waals surface area contributed by atoms with Crippen LogP contribution in [0, 0.1) is 5.41 Å². The zero-order valence-electron chi connectivity index (χ0n) is 14.4. The molecule has 2 aromatic heterocycles. The van der Waals surface area contributed by atoms with Crippen molar-refractivity contribution in [2.24, 2.45) is 5.41 Å². The molecule has 1 saturated heterocycles. The van der Waals surface area contributed by atoms with Crippen molar-refractivity contribution in [1.82, 2.24) is 14.7 Å². The molecule has 4 rings (SSSR count). The van der Waals surface area contributed by atoms with Gasteiger partial charge in [0.15, 0.2) is 0 Å². The predicted molar refractivity (Wildman–Crippen MR) is 93.2 cm³/mol. The van der Waals surface area contributed by atoms with E-state index in [1.54, 1.807) is 0 Å². The third-order valence-electron chi connectivity index (χ3n) is 5.76. The maximum Gasteiger partial charge on any atom is 0.136 e. The summed E-state index contributed by atoms with van der Waals surface area (Å²) in [5.74, 6) is 0. The van der Waals surface area contributed by atoms with E-state index in [1.165, 1.54) is 0 Å². The van der Waals surface area contributed by atoms with Gasteiger partial charge in [-0.25, -0.2) is 4.98 Å². The Bertz CT molecular complexity index is 645. The van der Waals surface area contributed by atoms with Gasteiger partial charge >= 0.3 is 0 Å². The molecule has 1 aliphatic carbocycles. The molecule has 1 N–H and O–H groups in total. The monoisotopic (exact) mass is 329 g/mol. The fourth-order valence-electron chi connectivity index (χ4n) is 4.37. The van der Waals surface area contributed by atoms with Gasteiger partial charge in [0.2, 0.25) is 0 Å². The van der Waals surface area contributed by atoms with Crippen LogP contribution in [0.25, 0.3) is 5.65 Å². The minimum Gasteiger partial charge on any atom is -0.381 e. The molecule has 2 aromatic rings. The first-order valence-electron chi connectivity index (χ1n) is 9.17. The highest BCUT2D eigenvalue weighted by molar-refractivity contribution is 5.39. The van der Waals surface area contributed by atoms with E-state index < -0.39 is 0 Å². The number of hydrogen-bond donors (Lipinski definition) is 1. The van der Waals surface area contributed by atoms with Crippen LogP contribution in [0.3, 0.4) is 0 Å². The average Bonchev–Trinajstić information content (AvgIpc) is 3.04. The fourth-order valence-corrected chi connectivity index (χ4v) is 4.37. The van der Waals surface area contributed by atoms with E-state index >= 15 is 0 Å². The molecule has 24 heavy (non-hydrogen) atoms. The summed E-state index contributed by atoms with van der Waals surface area (Å²) in [6, 6.07) is 6.66. The molecule has 0 unspecified atom stereocenters. The summed E-state index contributed by atoms with van der Waals surface area (Å²) in [6.07, 6.45) is 8.90. The molecule has 0 amide bonds. The number of imidazole rings is 1. The summed E-state index contributed by atoms with van der Waals surface area (Å²) < 4.78 is 13.7. The van der Waals surface area contributed by atoms with Crippen LogP contribution in [-0.4, -0.2) is 47.9 Å². The Morgan fingerprint density at radius 2 is 2.25 bits per heavy atom. The summed E-state index contributed by atoms with van der Waals surface area (Å²) in [7, 11) is 0. The van der Waals surface area contributed by atoms with Crippen molar-refractivity contribution < 1.29 is 9.47 Å². The lowest BCUT2D eigenvalue weighted by atomic mass is 9.57. The molecular formula is C19H27N3O2. The molecule has 5 heteroatoms. The summed E-state index contributed by atoms with van der Waals surface area (Å²) in [6.45, 7) is 5.61. The average molecular weight is 329 g/mol. The van der Waals surface area contributed by atoms with Crippen molar-refractivity contribution in [3.05, 3.63) is 36.3 Å². The van der Waals surface area contributed by atoms with Crippen molar-refractivity contribution in [3.63, 3.8) is 0 Å². The first kappa shape index (κ1) is 16.1. The van der Waals surface area contributed by atoms with E-state index in [-0.39, 0.29) is 5.41 Å². The zero-order valence-corrected chi connectivity index (χ0v) is 14.4. The van der Waals surface area contributed by atoms with Gasteiger partial charge in [-0.05, 0) is 38.3 Å². The first-order valence-corrected chi connectivity index (χ1v) is 9.17. The quantitative estimate of drug-likeness (QED) is 0.884. The Hall–Kier alpha value is -1.43. The van der Waals surface area contributed by atoms with Crippen LogP contribution in [-0.2, 0) is 15.9 Å². The molecule has 2 fully saturated rings.